The molecule has 0 spiro atoms. The van der Waals surface area contributed by atoms with Crippen LogP contribution in [-0.4, -0.2) is 23.8 Å². The van der Waals surface area contributed by atoms with Gasteiger partial charge in [0.05, 0.1) is 18.7 Å². The molecule has 1 aromatic carbocycles. The number of aryl methyl sites for hydroxylation is 1. The van der Waals surface area contributed by atoms with Gasteiger partial charge in [0.2, 0.25) is 0 Å². The number of carbonyl (C=O) groups is 1. The summed E-state index contributed by atoms with van der Waals surface area (Å²) in [5.74, 6) is 0. The maximum Gasteiger partial charge on any atom is 0.315 e. The van der Waals surface area contributed by atoms with Crippen molar-refractivity contribution in [1.82, 2.24) is 10.6 Å². The lowest BCUT2D eigenvalue weighted by atomic mass is 10.0. The number of hydrogen-bond donors (Lipinski definition) is 3. The Morgan fingerprint density at radius 3 is 2.39 bits per heavy atom. The fourth-order valence-electron chi connectivity index (χ4n) is 1.69. The number of aliphatic hydroxyl groups is 1. The van der Waals surface area contributed by atoms with Crippen LogP contribution in [0.1, 0.15) is 37.4 Å². The molecule has 1 aromatic rings. The Kier molecular flexibility index (Phi) is 5.65. The van der Waals surface area contributed by atoms with Crippen molar-refractivity contribution in [2.24, 2.45) is 0 Å². The maximum atomic E-state index is 11.7. The van der Waals surface area contributed by atoms with Crippen LogP contribution >= 0.6 is 0 Å². The summed E-state index contributed by atoms with van der Waals surface area (Å²) < 4.78 is 0. The van der Waals surface area contributed by atoms with Crippen LogP contribution in [0.2, 0.25) is 0 Å². The van der Waals surface area contributed by atoms with E-state index in [0.717, 1.165) is 12.0 Å². The second-order valence-corrected chi connectivity index (χ2v) is 4.57. The van der Waals surface area contributed by atoms with E-state index in [1.807, 2.05) is 38.1 Å². The van der Waals surface area contributed by atoms with Crippen molar-refractivity contribution in [3.8, 4) is 0 Å². The van der Waals surface area contributed by atoms with E-state index in [-0.39, 0.29) is 24.7 Å². The molecule has 2 unspecified atom stereocenters. The summed E-state index contributed by atoms with van der Waals surface area (Å²) in [6.07, 6.45) is 0.823. The third-order valence-corrected chi connectivity index (χ3v) is 2.84. The highest BCUT2D eigenvalue weighted by Gasteiger charge is 2.13. The van der Waals surface area contributed by atoms with Crippen molar-refractivity contribution >= 4 is 6.03 Å². The van der Waals surface area contributed by atoms with Gasteiger partial charge in [-0.3, -0.25) is 0 Å². The first-order valence-corrected chi connectivity index (χ1v) is 6.31. The molecule has 0 aliphatic rings. The molecule has 18 heavy (non-hydrogen) atoms. The third-order valence-electron chi connectivity index (χ3n) is 2.84. The monoisotopic (exact) mass is 250 g/mol. The molecule has 0 aliphatic carbocycles. The molecule has 4 nitrogen and oxygen atoms in total. The highest BCUT2D eigenvalue weighted by atomic mass is 16.3. The lowest BCUT2D eigenvalue weighted by molar-refractivity contribution is 0.217. The molecule has 3 N–H and O–H groups in total. The Hall–Kier alpha value is -1.55. The number of urea groups is 1. The van der Waals surface area contributed by atoms with E-state index < -0.39 is 0 Å². The number of rotatable bonds is 5. The normalized spacial score (nSPS) is 13.8. The lowest BCUT2D eigenvalue weighted by Crippen LogP contribution is -2.43. The molecule has 0 radical (unpaired) electrons. The summed E-state index contributed by atoms with van der Waals surface area (Å²) in [6, 6.07) is 7.64. The zero-order valence-corrected chi connectivity index (χ0v) is 11.2. The minimum Gasteiger partial charge on any atom is -0.394 e. The van der Waals surface area contributed by atoms with Gasteiger partial charge in [-0.25, -0.2) is 4.79 Å². The van der Waals surface area contributed by atoms with Gasteiger partial charge in [0.25, 0.3) is 0 Å². The van der Waals surface area contributed by atoms with Crippen molar-refractivity contribution < 1.29 is 9.90 Å². The molecule has 100 valence electrons. The molecule has 0 heterocycles. The SMILES string of the molecule is CCC(NC(=O)NC(C)CO)c1ccc(C)cc1. The molecule has 2 atom stereocenters. The fraction of sp³-hybridized carbons (Fsp3) is 0.500. The molecule has 0 fully saturated rings. The van der Waals surface area contributed by atoms with Crippen molar-refractivity contribution in [2.45, 2.75) is 39.3 Å². The average molecular weight is 250 g/mol. The summed E-state index contributed by atoms with van der Waals surface area (Å²) in [5.41, 5.74) is 2.29. The van der Waals surface area contributed by atoms with E-state index in [4.69, 9.17) is 5.11 Å². The van der Waals surface area contributed by atoms with Crippen LogP contribution < -0.4 is 10.6 Å². The quantitative estimate of drug-likeness (QED) is 0.749. The number of amides is 2. The largest absolute Gasteiger partial charge is 0.394 e. The summed E-state index contributed by atoms with van der Waals surface area (Å²) in [5, 5.41) is 14.5. The fourth-order valence-corrected chi connectivity index (χ4v) is 1.69. The molecular weight excluding hydrogens is 228 g/mol. The Bertz CT molecular complexity index is 376. The molecule has 1 rings (SSSR count). The van der Waals surface area contributed by atoms with Crippen molar-refractivity contribution in [3.63, 3.8) is 0 Å². The van der Waals surface area contributed by atoms with E-state index in [0.29, 0.717) is 0 Å². The van der Waals surface area contributed by atoms with Crippen molar-refractivity contribution in [2.75, 3.05) is 6.61 Å². The zero-order chi connectivity index (χ0) is 13.5. The Morgan fingerprint density at radius 1 is 1.28 bits per heavy atom. The van der Waals surface area contributed by atoms with Gasteiger partial charge in [-0.15, -0.1) is 0 Å². The van der Waals surface area contributed by atoms with E-state index in [1.165, 1.54) is 5.56 Å². The minimum absolute atomic E-state index is 0.00325. The second kappa shape index (κ2) is 7.01. The van der Waals surface area contributed by atoms with E-state index in [9.17, 15) is 4.79 Å². The molecular formula is C14H22N2O2. The highest BCUT2D eigenvalue weighted by Crippen LogP contribution is 2.16. The van der Waals surface area contributed by atoms with Crippen LogP contribution in [0.3, 0.4) is 0 Å². The van der Waals surface area contributed by atoms with Gasteiger partial charge < -0.3 is 15.7 Å². The summed E-state index contributed by atoms with van der Waals surface area (Å²) >= 11 is 0. The minimum atomic E-state index is -0.246. The van der Waals surface area contributed by atoms with Gasteiger partial charge in [-0.1, -0.05) is 36.8 Å². The van der Waals surface area contributed by atoms with Crippen molar-refractivity contribution in [1.29, 1.82) is 0 Å². The predicted molar refractivity (Wildman–Crippen MR) is 72.4 cm³/mol. The van der Waals surface area contributed by atoms with Crippen LogP contribution in [0.5, 0.6) is 0 Å². The summed E-state index contributed by atoms with van der Waals surface area (Å²) in [6.45, 7) is 5.76. The predicted octanol–water partition coefficient (Wildman–Crippen LogP) is 2.13. The summed E-state index contributed by atoms with van der Waals surface area (Å²) in [4.78, 5) is 11.7. The van der Waals surface area contributed by atoms with Crippen LogP contribution in [0.15, 0.2) is 24.3 Å². The molecule has 2 amide bonds. The number of carbonyl (C=O) groups excluding carboxylic acids is 1. The van der Waals surface area contributed by atoms with Gasteiger partial charge in [-0.05, 0) is 25.8 Å². The van der Waals surface area contributed by atoms with Crippen LogP contribution in [-0.2, 0) is 0 Å². The highest BCUT2D eigenvalue weighted by molar-refractivity contribution is 5.74. The standard InChI is InChI=1S/C14H22N2O2/c1-4-13(12-7-5-10(2)6-8-12)16-14(18)15-11(3)9-17/h5-8,11,13,17H,4,9H2,1-3H3,(H2,15,16,18). The molecule has 4 heteroatoms. The lowest BCUT2D eigenvalue weighted by Gasteiger charge is -2.19. The van der Waals surface area contributed by atoms with Crippen LogP contribution in [0, 0.1) is 6.92 Å². The van der Waals surface area contributed by atoms with Gasteiger partial charge in [0.1, 0.15) is 0 Å². The molecule has 0 saturated heterocycles. The Labute approximate surface area is 108 Å². The second-order valence-electron chi connectivity index (χ2n) is 4.57. The topological polar surface area (TPSA) is 61.4 Å². The van der Waals surface area contributed by atoms with Gasteiger partial charge in [0, 0.05) is 0 Å². The smallest absolute Gasteiger partial charge is 0.315 e. The number of aliphatic hydroxyl groups excluding tert-OH is 1. The first kappa shape index (κ1) is 14.5. The van der Waals surface area contributed by atoms with Gasteiger partial charge in [-0.2, -0.15) is 0 Å². The zero-order valence-electron chi connectivity index (χ0n) is 11.2. The van der Waals surface area contributed by atoms with Crippen molar-refractivity contribution in [3.05, 3.63) is 35.4 Å². The molecule has 0 saturated carbocycles. The van der Waals surface area contributed by atoms with E-state index in [1.54, 1.807) is 6.92 Å². The average Bonchev–Trinajstić information content (AvgIpc) is 2.37. The third kappa shape index (κ3) is 4.37. The maximum absolute atomic E-state index is 11.7. The first-order chi connectivity index (χ1) is 8.56. The first-order valence-electron chi connectivity index (χ1n) is 6.31. The van der Waals surface area contributed by atoms with E-state index >= 15 is 0 Å². The van der Waals surface area contributed by atoms with Crippen LogP contribution in [0.25, 0.3) is 0 Å². The Balaban J connectivity index is 2.61. The molecule has 0 aliphatic heterocycles. The molecule has 0 bridgehead atoms. The van der Waals surface area contributed by atoms with Gasteiger partial charge in [0.15, 0.2) is 0 Å². The summed E-state index contributed by atoms with van der Waals surface area (Å²) in [7, 11) is 0. The Morgan fingerprint density at radius 2 is 1.89 bits per heavy atom. The molecule has 0 aromatic heterocycles. The van der Waals surface area contributed by atoms with E-state index in [2.05, 4.69) is 10.6 Å². The number of hydrogen-bond acceptors (Lipinski definition) is 2. The van der Waals surface area contributed by atoms with Gasteiger partial charge >= 0.3 is 6.03 Å². The van der Waals surface area contributed by atoms with Crippen LogP contribution in [0.4, 0.5) is 4.79 Å². The number of nitrogens with one attached hydrogen (secondary N) is 2. The number of benzene rings is 1.